The summed E-state index contributed by atoms with van der Waals surface area (Å²) < 4.78 is 2.25. The molecule has 0 saturated heterocycles. The van der Waals surface area contributed by atoms with Crippen LogP contribution in [0.1, 0.15) is 45.8 Å². The molecule has 0 atom stereocenters. The summed E-state index contributed by atoms with van der Waals surface area (Å²) in [6.45, 7) is 2.89. The number of carboxylic acid groups (broad SMARTS) is 1. The molecule has 1 fully saturated rings. The molecule has 5 nitrogen and oxygen atoms in total. The molecule has 1 saturated carbocycles. The lowest BCUT2D eigenvalue weighted by molar-refractivity contribution is 0.0697. The molecule has 0 aliphatic heterocycles. The maximum Gasteiger partial charge on any atom is 0.339 e. The molecule has 0 spiro atoms. The molecule has 2 aromatic carbocycles. The number of rotatable bonds is 6. The fourth-order valence-electron chi connectivity index (χ4n) is 4.08. The Morgan fingerprint density at radius 2 is 1.97 bits per heavy atom. The van der Waals surface area contributed by atoms with E-state index in [0.717, 1.165) is 41.6 Å². The minimum absolute atomic E-state index is 0.221. The number of benzene rings is 2. The summed E-state index contributed by atoms with van der Waals surface area (Å²) in [4.78, 5) is 16.2. The van der Waals surface area contributed by atoms with E-state index in [9.17, 15) is 9.90 Å². The minimum Gasteiger partial charge on any atom is -0.478 e. The van der Waals surface area contributed by atoms with E-state index in [1.54, 1.807) is 12.3 Å². The zero-order valence-electron chi connectivity index (χ0n) is 16.8. The highest BCUT2D eigenvalue weighted by atomic mass is 16.4. The van der Waals surface area contributed by atoms with Crippen LogP contribution >= 0.6 is 0 Å². The van der Waals surface area contributed by atoms with Gasteiger partial charge in [0.1, 0.15) is 11.4 Å². The number of pyridine rings is 1. The van der Waals surface area contributed by atoms with Crippen molar-refractivity contribution in [2.45, 2.75) is 32.2 Å². The lowest BCUT2D eigenvalue weighted by Gasteiger charge is -2.13. The van der Waals surface area contributed by atoms with E-state index >= 15 is 0 Å². The quantitative estimate of drug-likeness (QED) is 0.437. The fraction of sp³-hybridized carbons (Fsp3) is 0.200. The molecule has 2 aromatic heterocycles. The van der Waals surface area contributed by atoms with Crippen molar-refractivity contribution in [2.24, 2.45) is 0 Å². The van der Waals surface area contributed by atoms with Crippen molar-refractivity contribution < 1.29 is 9.90 Å². The van der Waals surface area contributed by atoms with Crippen LogP contribution in [-0.2, 0) is 6.54 Å². The molecule has 0 bridgehead atoms. The average Bonchev–Trinajstić information content (AvgIpc) is 3.51. The van der Waals surface area contributed by atoms with Gasteiger partial charge in [0.25, 0.3) is 0 Å². The smallest absolute Gasteiger partial charge is 0.339 e. The zero-order chi connectivity index (χ0) is 20.7. The lowest BCUT2D eigenvalue weighted by atomic mass is 10.1. The molecule has 5 heteroatoms. The maximum absolute atomic E-state index is 11.8. The molecular weight excluding hydrogens is 374 g/mol. The highest BCUT2D eigenvalue weighted by Crippen LogP contribution is 2.40. The van der Waals surface area contributed by atoms with Crippen molar-refractivity contribution in [3.63, 3.8) is 0 Å². The molecule has 0 radical (unpaired) electrons. The van der Waals surface area contributed by atoms with Crippen molar-refractivity contribution in [1.82, 2.24) is 9.55 Å². The Hall–Kier alpha value is -3.60. The minimum atomic E-state index is -0.959. The van der Waals surface area contributed by atoms with Crippen LogP contribution in [0.5, 0.6) is 0 Å². The van der Waals surface area contributed by atoms with Gasteiger partial charge in [-0.2, -0.15) is 0 Å². The number of carbonyl (C=O) groups is 1. The van der Waals surface area contributed by atoms with E-state index in [0.29, 0.717) is 11.7 Å². The highest BCUT2D eigenvalue weighted by Gasteiger charge is 2.26. The summed E-state index contributed by atoms with van der Waals surface area (Å²) in [5.41, 5.74) is 5.64. The normalized spacial score (nSPS) is 13.5. The molecule has 2 N–H and O–H groups in total. The number of carboxylic acids is 1. The number of fused-ring (bicyclic) bond motifs is 1. The van der Waals surface area contributed by atoms with Gasteiger partial charge < -0.3 is 15.0 Å². The topological polar surface area (TPSA) is 67.2 Å². The second-order valence-electron chi connectivity index (χ2n) is 8.03. The Morgan fingerprint density at radius 3 is 2.70 bits per heavy atom. The molecule has 30 heavy (non-hydrogen) atoms. The van der Waals surface area contributed by atoms with Gasteiger partial charge in [-0.15, -0.1) is 0 Å². The number of hydrogen-bond donors (Lipinski definition) is 2. The highest BCUT2D eigenvalue weighted by molar-refractivity contribution is 5.95. The Bertz CT molecular complexity index is 1240. The predicted molar refractivity (Wildman–Crippen MR) is 119 cm³/mol. The second-order valence-corrected chi connectivity index (χ2v) is 8.03. The van der Waals surface area contributed by atoms with Gasteiger partial charge in [0, 0.05) is 30.0 Å². The van der Waals surface area contributed by atoms with Crippen LogP contribution in [0.15, 0.2) is 67.0 Å². The molecule has 2 heterocycles. The monoisotopic (exact) mass is 397 g/mol. The lowest BCUT2D eigenvalue weighted by Crippen LogP contribution is -2.06. The molecule has 5 rings (SSSR count). The van der Waals surface area contributed by atoms with Gasteiger partial charge in [-0.05, 0) is 66.6 Å². The number of aromatic nitrogens is 2. The van der Waals surface area contributed by atoms with Crippen molar-refractivity contribution in [3.05, 3.63) is 89.2 Å². The van der Waals surface area contributed by atoms with E-state index in [-0.39, 0.29) is 5.56 Å². The molecule has 0 amide bonds. The van der Waals surface area contributed by atoms with Gasteiger partial charge in [-0.25, -0.2) is 9.78 Å². The Morgan fingerprint density at radius 1 is 1.17 bits per heavy atom. The second kappa shape index (κ2) is 7.34. The molecular formula is C25H23N3O2. The summed E-state index contributed by atoms with van der Waals surface area (Å²) in [6, 6.07) is 18.3. The number of hydrogen-bond acceptors (Lipinski definition) is 3. The van der Waals surface area contributed by atoms with Crippen LogP contribution in [0.4, 0.5) is 11.5 Å². The summed E-state index contributed by atoms with van der Waals surface area (Å²) in [7, 11) is 0. The largest absolute Gasteiger partial charge is 0.478 e. The Balaban J connectivity index is 1.47. The van der Waals surface area contributed by atoms with Crippen molar-refractivity contribution in [1.29, 1.82) is 0 Å². The van der Waals surface area contributed by atoms with E-state index < -0.39 is 5.97 Å². The first kappa shape index (κ1) is 18.4. The third kappa shape index (κ3) is 3.54. The number of nitrogens with one attached hydrogen (secondary N) is 1. The van der Waals surface area contributed by atoms with Crippen LogP contribution in [0.2, 0.25) is 0 Å². The SMILES string of the molecule is Cc1cc(Nc2ncc(C3CC3)cc2C(=O)O)cc2ccn(Cc3ccccc3)c12. The average molecular weight is 397 g/mol. The Kier molecular flexibility index (Phi) is 4.51. The number of anilines is 2. The van der Waals surface area contributed by atoms with Gasteiger partial charge in [0.05, 0.1) is 5.52 Å². The maximum atomic E-state index is 11.8. The molecule has 0 unspecified atom stereocenters. The van der Waals surface area contributed by atoms with Crippen LogP contribution in [0.3, 0.4) is 0 Å². The number of aryl methyl sites for hydroxylation is 1. The standard InChI is InChI=1S/C25H23N3O2/c1-16-11-21(27-24-22(25(29)30)13-20(14-26-24)18-7-8-18)12-19-9-10-28(23(16)19)15-17-5-3-2-4-6-17/h2-6,9-14,18H,7-8,15H2,1H3,(H,26,27)(H,29,30). The van der Waals surface area contributed by atoms with Crippen LogP contribution in [0.25, 0.3) is 10.9 Å². The summed E-state index contributed by atoms with van der Waals surface area (Å²) in [5, 5.41) is 14.0. The van der Waals surface area contributed by atoms with Crippen LogP contribution in [-0.4, -0.2) is 20.6 Å². The third-order valence-electron chi connectivity index (χ3n) is 5.70. The number of nitrogens with zero attached hydrogens (tertiary/aromatic N) is 2. The van der Waals surface area contributed by atoms with Gasteiger partial charge in [0.15, 0.2) is 0 Å². The molecule has 1 aliphatic rings. The van der Waals surface area contributed by atoms with Crippen LogP contribution in [0, 0.1) is 6.92 Å². The van der Waals surface area contributed by atoms with Gasteiger partial charge in [-0.1, -0.05) is 30.3 Å². The fourth-order valence-corrected chi connectivity index (χ4v) is 4.08. The predicted octanol–water partition coefficient (Wildman–Crippen LogP) is 5.71. The van der Waals surface area contributed by atoms with E-state index in [4.69, 9.17) is 0 Å². The summed E-state index contributed by atoms with van der Waals surface area (Å²) >= 11 is 0. The zero-order valence-corrected chi connectivity index (χ0v) is 16.8. The van der Waals surface area contributed by atoms with Gasteiger partial charge in [0.2, 0.25) is 0 Å². The molecule has 4 aromatic rings. The van der Waals surface area contributed by atoms with Gasteiger partial charge >= 0.3 is 5.97 Å². The summed E-state index contributed by atoms with van der Waals surface area (Å²) in [5.74, 6) is -0.110. The summed E-state index contributed by atoms with van der Waals surface area (Å²) in [6.07, 6.45) is 6.13. The van der Waals surface area contributed by atoms with E-state index in [1.807, 2.05) is 18.2 Å². The first-order valence-electron chi connectivity index (χ1n) is 10.2. The first-order valence-corrected chi connectivity index (χ1v) is 10.2. The van der Waals surface area contributed by atoms with Gasteiger partial charge in [-0.3, -0.25) is 0 Å². The Labute approximate surface area is 175 Å². The van der Waals surface area contributed by atoms with Crippen LogP contribution < -0.4 is 5.32 Å². The van der Waals surface area contributed by atoms with Crippen molar-refractivity contribution in [2.75, 3.05) is 5.32 Å². The first-order chi connectivity index (χ1) is 14.6. The van der Waals surface area contributed by atoms with Crippen molar-refractivity contribution in [3.8, 4) is 0 Å². The van der Waals surface area contributed by atoms with E-state index in [2.05, 4.69) is 58.3 Å². The van der Waals surface area contributed by atoms with Crippen molar-refractivity contribution >= 4 is 28.4 Å². The van der Waals surface area contributed by atoms with E-state index in [1.165, 1.54) is 11.1 Å². The molecule has 150 valence electrons. The third-order valence-corrected chi connectivity index (χ3v) is 5.70. The molecule has 1 aliphatic carbocycles. The number of aromatic carboxylic acids is 1.